The molecule has 0 bridgehead atoms. The maximum absolute atomic E-state index is 6.23. The van der Waals surface area contributed by atoms with Gasteiger partial charge in [-0.3, -0.25) is 4.90 Å². The summed E-state index contributed by atoms with van der Waals surface area (Å²) in [6.45, 7) is 6.33. The Hall–Kier alpha value is -2.34. The highest BCUT2D eigenvalue weighted by Gasteiger charge is 2.11. The molecule has 0 aliphatic heterocycles. The molecule has 0 radical (unpaired) electrons. The van der Waals surface area contributed by atoms with Crippen LogP contribution in [0.4, 0.5) is 5.69 Å². The molecule has 1 N–H and O–H groups in total. The van der Waals surface area contributed by atoms with Crippen molar-refractivity contribution in [1.82, 2.24) is 9.88 Å². The lowest BCUT2D eigenvalue weighted by molar-refractivity contribution is 0.265. The lowest BCUT2D eigenvalue weighted by Gasteiger charge is -2.21. The first-order chi connectivity index (χ1) is 15.2. The van der Waals surface area contributed by atoms with Gasteiger partial charge in [-0.1, -0.05) is 18.5 Å². The SMILES string of the molecule is CCCN(CCCNc1c2ccc(Cl)cc2nc2ccc(OC)cc12)Cc1ccsc1. The lowest BCUT2D eigenvalue weighted by atomic mass is 10.1. The number of hydrogen-bond acceptors (Lipinski definition) is 5. The summed E-state index contributed by atoms with van der Waals surface area (Å²) in [7, 11) is 1.69. The molecule has 6 heteroatoms. The summed E-state index contributed by atoms with van der Waals surface area (Å²) >= 11 is 8.00. The average molecular weight is 454 g/mol. The molecule has 0 atom stereocenters. The summed E-state index contributed by atoms with van der Waals surface area (Å²) in [6.07, 6.45) is 2.23. The molecule has 2 aromatic carbocycles. The van der Waals surface area contributed by atoms with E-state index >= 15 is 0 Å². The predicted octanol–water partition coefficient (Wildman–Crippen LogP) is 6.83. The van der Waals surface area contributed by atoms with Crippen LogP contribution in [-0.4, -0.2) is 36.6 Å². The Balaban J connectivity index is 1.53. The zero-order valence-electron chi connectivity index (χ0n) is 18.0. The van der Waals surface area contributed by atoms with Gasteiger partial charge in [-0.05, 0) is 78.2 Å². The van der Waals surface area contributed by atoms with E-state index in [9.17, 15) is 0 Å². The van der Waals surface area contributed by atoms with Crippen LogP contribution in [0, 0.1) is 0 Å². The topological polar surface area (TPSA) is 37.4 Å². The molecule has 2 aromatic heterocycles. The standard InChI is InChI=1S/C25H28ClN3OS/c1-3-11-29(16-18-9-13-31-17-18)12-4-10-27-25-21-7-5-19(26)14-24(21)28-23-8-6-20(30-2)15-22(23)25/h5-9,13-15,17H,3-4,10-12,16H2,1-2H3,(H,27,28). The Morgan fingerprint density at radius 3 is 2.74 bits per heavy atom. The molecule has 162 valence electrons. The van der Waals surface area contributed by atoms with Crippen molar-refractivity contribution in [3.05, 3.63) is 63.8 Å². The van der Waals surface area contributed by atoms with Crippen molar-refractivity contribution in [1.29, 1.82) is 0 Å². The predicted molar refractivity (Wildman–Crippen MR) is 134 cm³/mol. The van der Waals surface area contributed by atoms with Crippen molar-refractivity contribution in [3.63, 3.8) is 0 Å². The summed E-state index contributed by atoms with van der Waals surface area (Å²) in [4.78, 5) is 7.35. The van der Waals surface area contributed by atoms with E-state index in [1.807, 2.05) is 30.3 Å². The van der Waals surface area contributed by atoms with Crippen molar-refractivity contribution in [2.45, 2.75) is 26.3 Å². The third-order valence-corrected chi connectivity index (χ3v) is 6.39. The molecule has 2 heterocycles. The molecule has 0 amide bonds. The molecule has 0 unspecified atom stereocenters. The van der Waals surface area contributed by atoms with Crippen molar-refractivity contribution in [3.8, 4) is 5.75 Å². The van der Waals surface area contributed by atoms with Gasteiger partial charge >= 0.3 is 0 Å². The Morgan fingerprint density at radius 1 is 1.06 bits per heavy atom. The third kappa shape index (κ3) is 5.29. The van der Waals surface area contributed by atoms with Gasteiger partial charge in [-0.15, -0.1) is 0 Å². The summed E-state index contributed by atoms with van der Waals surface area (Å²) in [6, 6.07) is 14.1. The number of hydrogen-bond donors (Lipinski definition) is 1. The van der Waals surface area contributed by atoms with Crippen LogP contribution in [0.15, 0.2) is 53.2 Å². The first kappa shape index (κ1) is 21.9. The van der Waals surface area contributed by atoms with E-state index in [4.69, 9.17) is 21.3 Å². The van der Waals surface area contributed by atoms with Crippen LogP contribution in [0.2, 0.25) is 5.02 Å². The normalized spacial score (nSPS) is 11.5. The molecule has 0 aliphatic rings. The number of anilines is 1. The zero-order valence-corrected chi connectivity index (χ0v) is 19.6. The van der Waals surface area contributed by atoms with Crippen LogP contribution < -0.4 is 10.1 Å². The van der Waals surface area contributed by atoms with Gasteiger partial charge in [0.25, 0.3) is 0 Å². The van der Waals surface area contributed by atoms with Crippen LogP contribution in [0.1, 0.15) is 25.3 Å². The highest BCUT2D eigenvalue weighted by atomic mass is 35.5. The lowest BCUT2D eigenvalue weighted by Crippen LogP contribution is -2.26. The van der Waals surface area contributed by atoms with E-state index in [0.29, 0.717) is 5.02 Å². The number of thiophene rings is 1. The second kappa shape index (κ2) is 10.3. The molecule has 0 fully saturated rings. The highest BCUT2D eigenvalue weighted by Crippen LogP contribution is 2.34. The molecule has 0 saturated carbocycles. The minimum absolute atomic E-state index is 0.697. The fourth-order valence-electron chi connectivity index (χ4n) is 3.96. The molecule has 0 spiro atoms. The van der Waals surface area contributed by atoms with Gasteiger partial charge in [-0.2, -0.15) is 11.3 Å². The van der Waals surface area contributed by atoms with E-state index < -0.39 is 0 Å². The number of nitrogens with one attached hydrogen (secondary N) is 1. The number of rotatable bonds is 10. The van der Waals surface area contributed by atoms with Crippen LogP contribution in [0.3, 0.4) is 0 Å². The molecule has 31 heavy (non-hydrogen) atoms. The van der Waals surface area contributed by atoms with Gasteiger partial charge in [0.1, 0.15) is 5.75 Å². The molecular weight excluding hydrogens is 426 g/mol. The summed E-state index contributed by atoms with van der Waals surface area (Å²) in [5.74, 6) is 0.829. The average Bonchev–Trinajstić information content (AvgIpc) is 3.28. The van der Waals surface area contributed by atoms with Gasteiger partial charge in [-0.25, -0.2) is 4.98 Å². The Morgan fingerprint density at radius 2 is 1.97 bits per heavy atom. The van der Waals surface area contributed by atoms with Crippen molar-refractivity contribution in [2.75, 3.05) is 32.1 Å². The number of benzene rings is 2. The van der Waals surface area contributed by atoms with Crippen LogP contribution >= 0.6 is 22.9 Å². The number of ether oxygens (including phenoxy) is 1. The zero-order chi connectivity index (χ0) is 21.6. The van der Waals surface area contributed by atoms with Crippen molar-refractivity contribution < 1.29 is 4.74 Å². The van der Waals surface area contributed by atoms with Crippen molar-refractivity contribution in [2.24, 2.45) is 0 Å². The van der Waals surface area contributed by atoms with Crippen LogP contribution in [-0.2, 0) is 6.54 Å². The second-order valence-corrected chi connectivity index (χ2v) is 8.94. The minimum Gasteiger partial charge on any atom is -0.497 e. The maximum Gasteiger partial charge on any atom is 0.119 e. The first-order valence-electron chi connectivity index (χ1n) is 10.7. The van der Waals surface area contributed by atoms with E-state index in [1.165, 1.54) is 5.56 Å². The summed E-state index contributed by atoms with van der Waals surface area (Å²) in [5.41, 5.74) is 4.33. The first-order valence-corrected chi connectivity index (χ1v) is 12.0. The summed E-state index contributed by atoms with van der Waals surface area (Å²) in [5, 5.41) is 10.9. The fourth-order valence-corrected chi connectivity index (χ4v) is 4.78. The van der Waals surface area contributed by atoms with Crippen LogP contribution in [0.5, 0.6) is 5.75 Å². The van der Waals surface area contributed by atoms with E-state index in [-0.39, 0.29) is 0 Å². The minimum atomic E-state index is 0.697. The van der Waals surface area contributed by atoms with E-state index in [0.717, 1.165) is 72.3 Å². The smallest absolute Gasteiger partial charge is 0.119 e. The number of pyridine rings is 1. The van der Waals surface area contributed by atoms with Gasteiger partial charge in [0.2, 0.25) is 0 Å². The number of aromatic nitrogens is 1. The highest BCUT2D eigenvalue weighted by molar-refractivity contribution is 7.07. The monoisotopic (exact) mass is 453 g/mol. The third-order valence-electron chi connectivity index (χ3n) is 5.42. The Bertz CT molecular complexity index is 1150. The Labute approximate surface area is 192 Å². The van der Waals surface area contributed by atoms with E-state index in [2.05, 4.69) is 40.0 Å². The second-order valence-electron chi connectivity index (χ2n) is 7.72. The van der Waals surface area contributed by atoms with Crippen molar-refractivity contribution >= 4 is 50.4 Å². The quantitative estimate of drug-likeness (QED) is 0.211. The molecular formula is C25H28ClN3OS. The van der Waals surface area contributed by atoms with Gasteiger partial charge < -0.3 is 10.1 Å². The van der Waals surface area contributed by atoms with Gasteiger partial charge in [0, 0.05) is 35.4 Å². The number of fused-ring (bicyclic) bond motifs is 2. The molecule has 4 rings (SSSR count). The largest absolute Gasteiger partial charge is 0.497 e. The Kier molecular flexibility index (Phi) is 7.28. The van der Waals surface area contributed by atoms with E-state index in [1.54, 1.807) is 18.4 Å². The van der Waals surface area contributed by atoms with Crippen LogP contribution in [0.25, 0.3) is 21.8 Å². The number of halogens is 1. The molecule has 0 aliphatic carbocycles. The number of methoxy groups -OCH3 is 1. The fraction of sp³-hybridized carbons (Fsp3) is 0.320. The molecule has 4 aromatic rings. The number of nitrogens with zero attached hydrogens (tertiary/aromatic N) is 2. The summed E-state index contributed by atoms with van der Waals surface area (Å²) < 4.78 is 5.46. The van der Waals surface area contributed by atoms with Gasteiger partial charge in [0.05, 0.1) is 23.8 Å². The molecule has 0 saturated heterocycles. The van der Waals surface area contributed by atoms with Gasteiger partial charge in [0.15, 0.2) is 0 Å². The maximum atomic E-state index is 6.23. The molecule has 4 nitrogen and oxygen atoms in total.